The van der Waals surface area contributed by atoms with Gasteiger partial charge in [0.05, 0.1) is 5.02 Å². The van der Waals surface area contributed by atoms with Crippen molar-refractivity contribution in [2.75, 3.05) is 0 Å². The van der Waals surface area contributed by atoms with Gasteiger partial charge in [-0.05, 0) is 25.1 Å². The highest BCUT2D eigenvalue weighted by Gasteiger charge is 2.14. The molecule has 1 aromatic heterocycles. The van der Waals surface area contributed by atoms with Gasteiger partial charge in [0, 0.05) is 5.56 Å². The number of hydrogen-bond donors (Lipinski definition) is 2. The van der Waals surface area contributed by atoms with Crippen LogP contribution in [0.2, 0.25) is 10.0 Å². The van der Waals surface area contributed by atoms with Gasteiger partial charge in [-0.3, -0.25) is 10.2 Å². The molecule has 0 bridgehead atoms. The Hall–Kier alpha value is -1.69. The first-order valence-electron chi connectivity index (χ1n) is 5.70. The van der Waals surface area contributed by atoms with E-state index in [1.807, 2.05) is 5.43 Å². The van der Waals surface area contributed by atoms with Gasteiger partial charge >= 0.3 is 5.91 Å². The van der Waals surface area contributed by atoms with Crippen LogP contribution in [-0.4, -0.2) is 5.91 Å². The molecule has 7 heteroatoms. The summed E-state index contributed by atoms with van der Waals surface area (Å²) in [5.41, 5.74) is 2.72. The number of hydrogen-bond acceptors (Lipinski definition) is 4. The Morgan fingerprint density at radius 1 is 1.45 bits per heavy atom. The van der Waals surface area contributed by atoms with Gasteiger partial charge < -0.3 is 9.15 Å². The van der Waals surface area contributed by atoms with Crippen LogP contribution in [0.5, 0.6) is 5.75 Å². The van der Waals surface area contributed by atoms with Crippen molar-refractivity contribution < 1.29 is 13.9 Å². The number of ether oxygens (including phenoxy) is 1. The zero-order chi connectivity index (χ0) is 14.7. The highest BCUT2D eigenvalue weighted by atomic mass is 35.5. The summed E-state index contributed by atoms with van der Waals surface area (Å²) in [6.07, 6.45) is 0. The summed E-state index contributed by atoms with van der Waals surface area (Å²) in [4.78, 5) is 11.3. The lowest BCUT2D eigenvalue weighted by Crippen LogP contribution is -2.29. The van der Waals surface area contributed by atoms with Crippen molar-refractivity contribution in [3.05, 3.63) is 51.4 Å². The standard InChI is InChI=1S/C13H12Cl2N2O3/c1-7-8(5-11(20-7)13(18)17-16)6-19-10-4-2-3-9(14)12(10)15/h2-5H,6,16H2,1H3,(H,17,18). The molecule has 5 nitrogen and oxygen atoms in total. The quantitative estimate of drug-likeness (QED) is 0.516. The molecule has 0 aliphatic heterocycles. The molecule has 0 radical (unpaired) electrons. The van der Waals surface area contributed by atoms with Gasteiger partial charge in [-0.2, -0.15) is 0 Å². The van der Waals surface area contributed by atoms with Crippen LogP contribution in [0, 0.1) is 6.92 Å². The van der Waals surface area contributed by atoms with Crippen LogP contribution in [0.3, 0.4) is 0 Å². The minimum absolute atomic E-state index is 0.126. The van der Waals surface area contributed by atoms with Crippen LogP contribution in [0.1, 0.15) is 21.9 Å². The molecule has 0 atom stereocenters. The lowest BCUT2D eigenvalue weighted by molar-refractivity contribution is 0.0924. The van der Waals surface area contributed by atoms with E-state index in [-0.39, 0.29) is 12.4 Å². The van der Waals surface area contributed by atoms with Crippen LogP contribution < -0.4 is 16.0 Å². The predicted octanol–water partition coefficient (Wildman–Crippen LogP) is 3.08. The maximum absolute atomic E-state index is 11.3. The molecule has 0 aliphatic carbocycles. The van der Waals surface area contributed by atoms with E-state index in [0.29, 0.717) is 21.6 Å². The van der Waals surface area contributed by atoms with E-state index in [4.69, 9.17) is 38.2 Å². The van der Waals surface area contributed by atoms with Crippen molar-refractivity contribution >= 4 is 29.1 Å². The zero-order valence-electron chi connectivity index (χ0n) is 10.6. The van der Waals surface area contributed by atoms with Crippen LogP contribution in [0.15, 0.2) is 28.7 Å². The van der Waals surface area contributed by atoms with Crippen molar-refractivity contribution in [2.24, 2.45) is 5.84 Å². The average molecular weight is 315 g/mol. The van der Waals surface area contributed by atoms with E-state index in [0.717, 1.165) is 5.56 Å². The van der Waals surface area contributed by atoms with Crippen LogP contribution >= 0.6 is 23.2 Å². The Balaban J connectivity index is 2.13. The van der Waals surface area contributed by atoms with E-state index in [9.17, 15) is 4.79 Å². The number of nitrogen functional groups attached to an aromatic ring is 1. The first-order chi connectivity index (χ1) is 9.52. The first kappa shape index (κ1) is 14.7. The highest BCUT2D eigenvalue weighted by molar-refractivity contribution is 6.42. The number of halogens is 2. The Morgan fingerprint density at radius 2 is 2.20 bits per heavy atom. The monoisotopic (exact) mass is 314 g/mol. The zero-order valence-corrected chi connectivity index (χ0v) is 12.1. The molecule has 3 N–H and O–H groups in total. The van der Waals surface area contributed by atoms with E-state index in [1.165, 1.54) is 0 Å². The molecule has 0 fully saturated rings. The van der Waals surface area contributed by atoms with E-state index >= 15 is 0 Å². The molecule has 20 heavy (non-hydrogen) atoms. The summed E-state index contributed by atoms with van der Waals surface area (Å²) in [6.45, 7) is 1.93. The minimum Gasteiger partial charge on any atom is -0.487 e. The SMILES string of the molecule is Cc1oc(C(=O)NN)cc1COc1cccc(Cl)c1Cl. The Morgan fingerprint density at radius 3 is 2.90 bits per heavy atom. The van der Waals surface area contributed by atoms with E-state index < -0.39 is 5.91 Å². The number of aryl methyl sites for hydroxylation is 1. The molecule has 106 valence electrons. The van der Waals surface area contributed by atoms with E-state index in [2.05, 4.69) is 0 Å². The number of amides is 1. The van der Waals surface area contributed by atoms with Gasteiger partial charge in [0.25, 0.3) is 0 Å². The molecule has 1 heterocycles. The number of carbonyl (C=O) groups is 1. The van der Waals surface area contributed by atoms with Crippen molar-refractivity contribution in [1.29, 1.82) is 0 Å². The van der Waals surface area contributed by atoms with Crippen molar-refractivity contribution in [3.8, 4) is 5.75 Å². The largest absolute Gasteiger partial charge is 0.487 e. The van der Waals surface area contributed by atoms with Gasteiger partial charge in [-0.1, -0.05) is 29.3 Å². The van der Waals surface area contributed by atoms with Gasteiger partial charge in [0.2, 0.25) is 0 Å². The minimum atomic E-state index is -0.500. The predicted molar refractivity (Wildman–Crippen MR) is 75.9 cm³/mol. The fourth-order valence-corrected chi connectivity index (χ4v) is 1.94. The number of hydrazine groups is 1. The van der Waals surface area contributed by atoms with Crippen LogP contribution in [-0.2, 0) is 6.61 Å². The molecule has 1 amide bonds. The molecule has 0 saturated heterocycles. The van der Waals surface area contributed by atoms with Crippen LogP contribution in [0.25, 0.3) is 0 Å². The molecule has 2 aromatic rings. The van der Waals surface area contributed by atoms with Gasteiger partial charge in [0.15, 0.2) is 5.76 Å². The summed E-state index contributed by atoms with van der Waals surface area (Å²) in [6, 6.07) is 6.68. The first-order valence-corrected chi connectivity index (χ1v) is 6.45. The molecule has 0 unspecified atom stereocenters. The maximum Gasteiger partial charge on any atom is 0.300 e. The molecule has 1 aromatic carbocycles. The van der Waals surface area contributed by atoms with Crippen molar-refractivity contribution in [1.82, 2.24) is 5.43 Å². The Bertz CT molecular complexity index is 641. The number of furan rings is 1. The maximum atomic E-state index is 11.3. The summed E-state index contributed by atoms with van der Waals surface area (Å²) in [7, 11) is 0. The topological polar surface area (TPSA) is 77.5 Å². The highest BCUT2D eigenvalue weighted by Crippen LogP contribution is 2.32. The number of rotatable bonds is 4. The third-order valence-electron chi connectivity index (χ3n) is 2.67. The third-order valence-corrected chi connectivity index (χ3v) is 3.48. The number of benzene rings is 1. The second kappa shape index (κ2) is 6.17. The average Bonchev–Trinajstić information content (AvgIpc) is 2.81. The second-order valence-electron chi connectivity index (χ2n) is 4.01. The molecule has 0 saturated carbocycles. The Labute approximate surface area is 125 Å². The van der Waals surface area contributed by atoms with Gasteiger partial charge in [-0.15, -0.1) is 0 Å². The lowest BCUT2D eigenvalue weighted by Gasteiger charge is -2.07. The van der Waals surface area contributed by atoms with Crippen LogP contribution in [0.4, 0.5) is 0 Å². The van der Waals surface area contributed by atoms with Gasteiger partial charge in [0.1, 0.15) is 23.1 Å². The number of nitrogens with one attached hydrogen (secondary N) is 1. The summed E-state index contributed by atoms with van der Waals surface area (Å²) in [5.74, 6) is 5.70. The normalized spacial score (nSPS) is 10.4. The summed E-state index contributed by atoms with van der Waals surface area (Å²) in [5, 5.41) is 0.756. The lowest BCUT2D eigenvalue weighted by atomic mass is 10.2. The van der Waals surface area contributed by atoms with E-state index in [1.54, 1.807) is 31.2 Å². The molecular formula is C13H12Cl2N2O3. The molecule has 0 aliphatic rings. The molecule has 2 rings (SSSR count). The van der Waals surface area contributed by atoms with Crippen molar-refractivity contribution in [3.63, 3.8) is 0 Å². The smallest absolute Gasteiger partial charge is 0.300 e. The fraction of sp³-hybridized carbons (Fsp3) is 0.154. The number of nitrogens with two attached hydrogens (primary N) is 1. The van der Waals surface area contributed by atoms with Gasteiger partial charge in [-0.25, -0.2) is 5.84 Å². The molecular weight excluding hydrogens is 303 g/mol. The molecule has 0 spiro atoms. The summed E-state index contributed by atoms with van der Waals surface area (Å²) < 4.78 is 10.9. The second-order valence-corrected chi connectivity index (χ2v) is 4.79. The van der Waals surface area contributed by atoms with Crippen molar-refractivity contribution in [2.45, 2.75) is 13.5 Å². The fourth-order valence-electron chi connectivity index (χ4n) is 1.60. The third kappa shape index (κ3) is 3.07. The Kier molecular flexibility index (Phi) is 4.54. The summed E-state index contributed by atoms with van der Waals surface area (Å²) >= 11 is 11.9. The number of carbonyl (C=O) groups excluding carboxylic acids is 1.